The van der Waals surface area contributed by atoms with Crippen LogP contribution in [0.1, 0.15) is 33.4 Å². The molecule has 3 rings (SSSR count). The maximum atomic E-state index is 12.5. The molecule has 0 aliphatic carbocycles. The van der Waals surface area contributed by atoms with E-state index in [0.29, 0.717) is 10.6 Å². The number of nitrogens with zero attached hydrogens (tertiary/aromatic N) is 1. The van der Waals surface area contributed by atoms with Gasteiger partial charge in [0.05, 0.1) is 18.2 Å². The van der Waals surface area contributed by atoms with Gasteiger partial charge in [-0.1, -0.05) is 60.7 Å². The molecule has 0 saturated carbocycles. The molecule has 1 atom stereocenters. The second-order valence-corrected chi connectivity index (χ2v) is 7.48. The Morgan fingerprint density at radius 3 is 2.27 bits per heavy atom. The third-order valence-corrected chi connectivity index (χ3v) is 5.45. The molecule has 154 valence electrons. The number of nitrogens with two attached hydrogens (primary N) is 1. The highest BCUT2D eigenvalue weighted by Crippen LogP contribution is 2.27. The molecule has 0 radical (unpaired) electrons. The Morgan fingerprint density at radius 2 is 1.63 bits per heavy atom. The van der Waals surface area contributed by atoms with Crippen LogP contribution in [0.4, 0.5) is 4.79 Å². The number of primary amides is 1. The molecule has 1 unspecified atom stereocenters. The van der Waals surface area contributed by atoms with Crippen molar-refractivity contribution in [1.82, 2.24) is 21.2 Å². The number of carbonyl (C=O) groups is 3. The third kappa shape index (κ3) is 5.42. The van der Waals surface area contributed by atoms with Crippen LogP contribution in [0.3, 0.4) is 0 Å². The quantitative estimate of drug-likeness (QED) is 0.455. The molecule has 0 fully saturated rings. The van der Waals surface area contributed by atoms with Crippen LogP contribution in [0.15, 0.2) is 60.7 Å². The first-order valence-corrected chi connectivity index (χ1v) is 9.98. The molecular weight excluding hydrogens is 402 g/mol. The van der Waals surface area contributed by atoms with Gasteiger partial charge in [-0.15, -0.1) is 11.3 Å². The molecule has 8 nitrogen and oxygen atoms in total. The summed E-state index contributed by atoms with van der Waals surface area (Å²) in [4.78, 5) is 40.9. The number of benzene rings is 2. The van der Waals surface area contributed by atoms with E-state index in [2.05, 4.69) is 21.2 Å². The SMILES string of the molecule is Cc1nc(-c2ccccc2)sc1C(=O)NNC(=O)CC(NC(N)=O)c1ccccc1. The summed E-state index contributed by atoms with van der Waals surface area (Å²) in [5.41, 5.74) is 12.2. The lowest BCUT2D eigenvalue weighted by atomic mass is 10.0. The van der Waals surface area contributed by atoms with Crippen molar-refractivity contribution in [2.75, 3.05) is 0 Å². The van der Waals surface area contributed by atoms with Crippen LogP contribution in [-0.4, -0.2) is 22.8 Å². The Hall–Kier alpha value is -3.72. The Kier molecular flexibility index (Phi) is 6.76. The van der Waals surface area contributed by atoms with Crippen molar-refractivity contribution in [2.45, 2.75) is 19.4 Å². The fourth-order valence-corrected chi connectivity index (χ4v) is 3.81. The molecule has 3 aromatic rings. The summed E-state index contributed by atoms with van der Waals surface area (Å²) < 4.78 is 0. The van der Waals surface area contributed by atoms with Crippen LogP contribution >= 0.6 is 11.3 Å². The highest BCUT2D eigenvalue weighted by molar-refractivity contribution is 7.17. The molecule has 5 N–H and O–H groups in total. The third-order valence-electron chi connectivity index (χ3n) is 4.25. The van der Waals surface area contributed by atoms with E-state index in [1.807, 2.05) is 36.4 Å². The molecule has 0 aliphatic rings. The van der Waals surface area contributed by atoms with Crippen molar-refractivity contribution in [2.24, 2.45) is 5.73 Å². The van der Waals surface area contributed by atoms with Crippen LogP contribution in [0.5, 0.6) is 0 Å². The average Bonchev–Trinajstić information content (AvgIpc) is 3.14. The van der Waals surface area contributed by atoms with Gasteiger partial charge in [0.25, 0.3) is 5.91 Å². The molecule has 30 heavy (non-hydrogen) atoms. The lowest BCUT2D eigenvalue weighted by Gasteiger charge is -2.17. The van der Waals surface area contributed by atoms with E-state index in [1.165, 1.54) is 11.3 Å². The highest BCUT2D eigenvalue weighted by Gasteiger charge is 2.20. The maximum Gasteiger partial charge on any atom is 0.312 e. The number of hydrogen-bond donors (Lipinski definition) is 4. The Labute approximate surface area is 177 Å². The Bertz CT molecular complexity index is 1040. The second kappa shape index (κ2) is 9.66. The number of amides is 4. The van der Waals surface area contributed by atoms with Crippen molar-refractivity contribution in [3.63, 3.8) is 0 Å². The summed E-state index contributed by atoms with van der Waals surface area (Å²) in [5.74, 6) is -0.934. The smallest absolute Gasteiger partial charge is 0.312 e. The minimum Gasteiger partial charge on any atom is -0.352 e. The largest absolute Gasteiger partial charge is 0.352 e. The zero-order valence-corrected chi connectivity index (χ0v) is 17.0. The number of nitrogens with one attached hydrogen (secondary N) is 3. The molecule has 0 spiro atoms. The van der Waals surface area contributed by atoms with Crippen molar-refractivity contribution in [1.29, 1.82) is 0 Å². The molecule has 9 heteroatoms. The van der Waals surface area contributed by atoms with E-state index in [0.717, 1.165) is 16.1 Å². The standard InChI is InChI=1S/C21H21N5O3S/c1-13-18(30-20(23-13)15-10-6-3-7-11-15)19(28)26-25-17(27)12-16(24-21(22)29)14-8-4-2-5-9-14/h2-11,16H,12H2,1H3,(H,25,27)(H,26,28)(H3,22,24,29). The lowest BCUT2D eigenvalue weighted by molar-refractivity contribution is -0.122. The van der Waals surface area contributed by atoms with E-state index in [4.69, 9.17) is 5.73 Å². The van der Waals surface area contributed by atoms with Gasteiger partial charge in [-0.25, -0.2) is 9.78 Å². The van der Waals surface area contributed by atoms with Crippen LogP contribution in [0.25, 0.3) is 10.6 Å². The molecule has 4 amide bonds. The summed E-state index contributed by atoms with van der Waals surface area (Å²) in [6, 6.07) is 17.1. The minimum atomic E-state index is -0.741. The van der Waals surface area contributed by atoms with Crippen molar-refractivity contribution in [3.05, 3.63) is 76.8 Å². The van der Waals surface area contributed by atoms with Gasteiger partial charge in [0, 0.05) is 5.56 Å². The maximum absolute atomic E-state index is 12.5. The average molecular weight is 423 g/mol. The number of hydrazine groups is 1. The van der Waals surface area contributed by atoms with Gasteiger partial charge in [0.2, 0.25) is 5.91 Å². The van der Waals surface area contributed by atoms with E-state index < -0.39 is 23.9 Å². The number of rotatable bonds is 6. The van der Waals surface area contributed by atoms with Gasteiger partial charge in [-0.05, 0) is 12.5 Å². The minimum absolute atomic E-state index is 0.0931. The summed E-state index contributed by atoms with van der Waals surface area (Å²) in [7, 11) is 0. The topological polar surface area (TPSA) is 126 Å². The van der Waals surface area contributed by atoms with Crippen molar-refractivity contribution in [3.8, 4) is 10.6 Å². The number of hydrogen-bond acceptors (Lipinski definition) is 5. The number of aryl methyl sites for hydroxylation is 1. The first-order valence-electron chi connectivity index (χ1n) is 9.17. The molecule has 1 heterocycles. The summed E-state index contributed by atoms with van der Waals surface area (Å²) in [5, 5.41) is 3.26. The zero-order valence-electron chi connectivity index (χ0n) is 16.2. The van der Waals surface area contributed by atoms with E-state index >= 15 is 0 Å². The first kappa shape index (κ1) is 21.0. The van der Waals surface area contributed by atoms with Crippen LogP contribution in [0.2, 0.25) is 0 Å². The molecule has 1 aromatic heterocycles. The van der Waals surface area contributed by atoms with Gasteiger partial charge < -0.3 is 11.1 Å². The predicted octanol–water partition coefficient (Wildman–Crippen LogP) is 2.68. The van der Waals surface area contributed by atoms with Crippen LogP contribution in [-0.2, 0) is 4.79 Å². The second-order valence-electron chi connectivity index (χ2n) is 6.48. The summed E-state index contributed by atoms with van der Waals surface area (Å²) in [6.07, 6.45) is -0.0931. The van der Waals surface area contributed by atoms with E-state index in [1.54, 1.807) is 31.2 Å². The molecule has 0 saturated heterocycles. The Balaban J connectivity index is 1.62. The number of carbonyl (C=O) groups excluding carboxylic acids is 3. The first-order chi connectivity index (χ1) is 14.4. The molecule has 2 aromatic carbocycles. The fourth-order valence-electron chi connectivity index (χ4n) is 2.84. The fraction of sp³-hybridized carbons (Fsp3) is 0.143. The van der Waals surface area contributed by atoms with Crippen LogP contribution in [0, 0.1) is 6.92 Å². The highest BCUT2D eigenvalue weighted by atomic mass is 32.1. The van der Waals surface area contributed by atoms with Crippen molar-refractivity contribution >= 4 is 29.2 Å². The lowest BCUT2D eigenvalue weighted by Crippen LogP contribution is -2.44. The molecular formula is C21H21N5O3S. The summed E-state index contributed by atoms with van der Waals surface area (Å²) in [6.45, 7) is 1.74. The number of thiazole rings is 1. The Morgan fingerprint density at radius 1 is 1.00 bits per heavy atom. The predicted molar refractivity (Wildman–Crippen MR) is 114 cm³/mol. The zero-order chi connectivity index (χ0) is 21.5. The van der Waals surface area contributed by atoms with Gasteiger partial charge in [-0.2, -0.15) is 0 Å². The van der Waals surface area contributed by atoms with Gasteiger partial charge in [0.15, 0.2) is 0 Å². The normalized spacial score (nSPS) is 11.4. The van der Waals surface area contributed by atoms with Crippen LogP contribution < -0.4 is 21.9 Å². The number of urea groups is 1. The van der Waals surface area contributed by atoms with Gasteiger partial charge in [0.1, 0.15) is 9.88 Å². The monoisotopic (exact) mass is 423 g/mol. The van der Waals surface area contributed by atoms with E-state index in [-0.39, 0.29) is 6.42 Å². The van der Waals surface area contributed by atoms with Crippen molar-refractivity contribution < 1.29 is 14.4 Å². The molecule has 0 aliphatic heterocycles. The summed E-state index contributed by atoms with van der Waals surface area (Å²) >= 11 is 1.24. The van der Waals surface area contributed by atoms with Gasteiger partial charge in [-0.3, -0.25) is 20.4 Å². The number of aromatic nitrogens is 1. The van der Waals surface area contributed by atoms with E-state index in [9.17, 15) is 14.4 Å². The van der Waals surface area contributed by atoms with Gasteiger partial charge >= 0.3 is 6.03 Å². The molecule has 0 bridgehead atoms.